The molecule has 0 aliphatic rings. The van der Waals surface area contributed by atoms with Crippen molar-refractivity contribution in [2.75, 3.05) is 18.5 Å². The number of halogens is 2. The zero-order valence-electron chi connectivity index (χ0n) is 19.0. The van der Waals surface area contributed by atoms with Gasteiger partial charge >= 0.3 is 5.69 Å². The van der Waals surface area contributed by atoms with Gasteiger partial charge in [-0.25, -0.2) is 4.79 Å². The minimum atomic E-state index is -0.688. The summed E-state index contributed by atoms with van der Waals surface area (Å²) in [6.45, 7) is 1.77. The number of aromatic nitrogens is 2. The maximum absolute atomic E-state index is 12.7. The molecule has 4 rings (SSSR count). The van der Waals surface area contributed by atoms with Crippen LogP contribution in [-0.4, -0.2) is 35.0 Å². The Hall–Kier alpha value is -3.89. The van der Waals surface area contributed by atoms with E-state index >= 15 is 0 Å². The van der Waals surface area contributed by atoms with Crippen LogP contribution in [0.3, 0.4) is 0 Å². The van der Waals surface area contributed by atoms with E-state index in [1.165, 1.54) is 6.21 Å². The Bertz CT molecular complexity index is 1570. The van der Waals surface area contributed by atoms with Gasteiger partial charge in [-0.2, -0.15) is 5.10 Å². The number of nitrogens with one attached hydrogen (secondary N) is 2. The number of fused-ring (bicyclic) bond motifs is 1. The highest BCUT2D eigenvalue weighted by Crippen LogP contribution is 2.42. The molecule has 9 nitrogen and oxygen atoms in total. The van der Waals surface area contributed by atoms with Gasteiger partial charge in [0.25, 0.3) is 11.5 Å². The normalized spacial score (nSPS) is 11.1. The van der Waals surface area contributed by atoms with E-state index in [1.54, 1.807) is 61.5 Å². The van der Waals surface area contributed by atoms with Crippen LogP contribution in [0.15, 0.2) is 79.8 Å². The largest absolute Gasteiger partial charge is 0.490 e. The first-order valence-corrected chi connectivity index (χ1v) is 12.0. The summed E-state index contributed by atoms with van der Waals surface area (Å²) in [7, 11) is 0. The number of rotatable bonds is 8. The number of para-hydroxylation sites is 2. The molecule has 2 N–H and O–H groups in total. The SMILES string of the molecule is CCOc1cc(C=Nn2c(=O)[nH]c3ccccc3c2=O)c(Br)c(Cl)c1OCC(=O)Nc1ccccc1. The summed E-state index contributed by atoms with van der Waals surface area (Å²) in [6, 6.07) is 17.2. The first-order valence-electron chi connectivity index (χ1n) is 10.8. The van der Waals surface area contributed by atoms with Gasteiger partial charge in [-0.15, -0.1) is 4.68 Å². The average molecular weight is 572 g/mol. The molecule has 0 spiro atoms. The van der Waals surface area contributed by atoms with E-state index < -0.39 is 11.2 Å². The highest BCUT2D eigenvalue weighted by Gasteiger charge is 2.19. The third kappa shape index (κ3) is 5.50. The number of carbonyl (C=O) groups is 1. The van der Waals surface area contributed by atoms with E-state index in [9.17, 15) is 14.4 Å². The molecule has 0 saturated heterocycles. The van der Waals surface area contributed by atoms with Crippen molar-refractivity contribution in [1.29, 1.82) is 0 Å². The Morgan fingerprint density at radius 1 is 1.14 bits per heavy atom. The zero-order chi connectivity index (χ0) is 25.7. The first-order chi connectivity index (χ1) is 17.4. The van der Waals surface area contributed by atoms with E-state index in [0.29, 0.717) is 33.2 Å². The number of aromatic amines is 1. The molecular formula is C25H20BrClN4O5. The highest BCUT2D eigenvalue weighted by atomic mass is 79.9. The Morgan fingerprint density at radius 2 is 1.86 bits per heavy atom. The smallest absolute Gasteiger partial charge is 0.349 e. The molecule has 1 amide bonds. The number of benzene rings is 3. The van der Waals surface area contributed by atoms with Crippen LogP contribution in [0.5, 0.6) is 11.5 Å². The van der Waals surface area contributed by atoms with Gasteiger partial charge in [0.2, 0.25) is 0 Å². The fourth-order valence-electron chi connectivity index (χ4n) is 3.33. The second-order valence-corrected chi connectivity index (χ2v) is 8.57. The lowest BCUT2D eigenvalue weighted by molar-refractivity contribution is -0.118. The minimum Gasteiger partial charge on any atom is -0.490 e. The average Bonchev–Trinajstić information content (AvgIpc) is 2.87. The molecule has 0 saturated carbocycles. The Morgan fingerprint density at radius 3 is 2.61 bits per heavy atom. The molecule has 11 heteroatoms. The molecule has 4 aromatic rings. The summed E-state index contributed by atoms with van der Waals surface area (Å²) in [5, 5.41) is 7.24. The van der Waals surface area contributed by atoms with E-state index in [2.05, 4.69) is 31.3 Å². The van der Waals surface area contributed by atoms with Gasteiger partial charge in [0.1, 0.15) is 5.02 Å². The van der Waals surface area contributed by atoms with E-state index in [-0.39, 0.29) is 29.0 Å². The van der Waals surface area contributed by atoms with E-state index in [1.807, 2.05) is 6.07 Å². The van der Waals surface area contributed by atoms with Gasteiger partial charge in [-0.05, 0) is 53.2 Å². The number of ether oxygens (including phenoxy) is 2. The van der Waals surface area contributed by atoms with Crippen molar-refractivity contribution in [2.45, 2.75) is 6.92 Å². The number of H-pyrrole nitrogens is 1. The second kappa shape index (κ2) is 11.2. The van der Waals surface area contributed by atoms with Crippen molar-refractivity contribution in [3.05, 3.63) is 96.6 Å². The summed E-state index contributed by atoms with van der Waals surface area (Å²) in [4.78, 5) is 40.1. The molecule has 184 valence electrons. The minimum absolute atomic E-state index is 0.134. The van der Waals surface area contributed by atoms with Crippen molar-refractivity contribution >= 4 is 56.2 Å². The van der Waals surface area contributed by atoms with Gasteiger partial charge in [-0.1, -0.05) is 41.9 Å². The molecule has 0 fully saturated rings. The maximum atomic E-state index is 12.7. The maximum Gasteiger partial charge on any atom is 0.349 e. The number of hydrogen-bond donors (Lipinski definition) is 2. The monoisotopic (exact) mass is 570 g/mol. The van der Waals surface area contributed by atoms with Crippen molar-refractivity contribution in [1.82, 2.24) is 9.66 Å². The fourth-order valence-corrected chi connectivity index (χ4v) is 3.98. The van der Waals surface area contributed by atoms with Crippen LogP contribution >= 0.6 is 27.5 Å². The molecule has 0 aliphatic carbocycles. The second-order valence-electron chi connectivity index (χ2n) is 7.39. The van der Waals surface area contributed by atoms with Gasteiger partial charge in [-0.3, -0.25) is 9.59 Å². The van der Waals surface area contributed by atoms with Gasteiger partial charge in [0.05, 0.1) is 23.7 Å². The Balaban J connectivity index is 1.62. The van der Waals surface area contributed by atoms with Crippen molar-refractivity contribution in [3.8, 4) is 11.5 Å². The molecule has 0 unspecified atom stereocenters. The lowest BCUT2D eigenvalue weighted by atomic mass is 10.2. The molecule has 0 atom stereocenters. The predicted octanol–water partition coefficient (Wildman–Crippen LogP) is 4.40. The molecule has 1 aromatic heterocycles. The lowest BCUT2D eigenvalue weighted by Crippen LogP contribution is -2.32. The van der Waals surface area contributed by atoms with Crippen LogP contribution in [-0.2, 0) is 4.79 Å². The molecule has 0 bridgehead atoms. The Kier molecular flexibility index (Phi) is 7.87. The van der Waals surface area contributed by atoms with Crippen molar-refractivity contribution in [3.63, 3.8) is 0 Å². The summed E-state index contributed by atoms with van der Waals surface area (Å²) in [5.41, 5.74) is 0.214. The molecule has 36 heavy (non-hydrogen) atoms. The molecule has 0 aliphatic heterocycles. The van der Waals surface area contributed by atoms with Crippen molar-refractivity contribution in [2.24, 2.45) is 5.10 Å². The number of anilines is 1. The lowest BCUT2D eigenvalue weighted by Gasteiger charge is -2.16. The summed E-state index contributed by atoms with van der Waals surface area (Å²) >= 11 is 9.92. The topological polar surface area (TPSA) is 115 Å². The molecule has 3 aromatic carbocycles. The third-order valence-electron chi connectivity index (χ3n) is 4.96. The highest BCUT2D eigenvalue weighted by molar-refractivity contribution is 9.10. The van der Waals surface area contributed by atoms with Gasteiger partial charge < -0.3 is 19.8 Å². The van der Waals surface area contributed by atoms with Gasteiger partial charge in [0.15, 0.2) is 18.1 Å². The van der Waals surface area contributed by atoms with E-state index in [4.69, 9.17) is 21.1 Å². The Labute approximate surface area is 218 Å². The predicted molar refractivity (Wildman–Crippen MR) is 143 cm³/mol. The summed E-state index contributed by atoms with van der Waals surface area (Å²) in [5.74, 6) is 0.0438. The standard InChI is InChI=1S/C25H20BrClN4O5/c1-2-35-19-12-15(13-28-31-24(33)17-10-6-7-11-18(17)30-25(31)34)21(26)22(27)23(19)36-14-20(32)29-16-8-4-3-5-9-16/h3-13H,2,14H2,1H3,(H,29,32)(H,30,34). The third-order valence-corrected chi connectivity index (χ3v) is 6.40. The summed E-state index contributed by atoms with van der Waals surface area (Å²) in [6.07, 6.45) is 1.30. The van der Waals surface area contributed by atoms with Crippen LogP contribution < -0.4 is 26.0 Å². The van der Waals surface area contributed by atoms with Crippen LogP contribution in [0.25, 0.3) is 10.9 Å². The van der Waals surface area contributed by atoms with Crippen LogP contribution in [0, 0.1) is 0 Å². The van der Waals surface area contributed by atoms with E-state index in [0.717, 1.165) is 4.68 Å². The number of carbonyl (C=O) groups excluding carboxylic acids is 1. The number of nitrogens with zero attached hydrogens (tertiary/aromatic N) is 2. The summed E-state index contributed by atoms with van der Waals surface area (Å²) < 4.78 is 12.4. The van der Waals surface area contributed by atoms with Crippen LogP contribution in [0.1, 0.15) is 12.5 Å². The number of amides is 1. The van der Waals surface area contributed by atoms with Gasteiger partial charge in [0, 0.05) is 15.7 Å². The molecular weight excluding hydrogens is 552 g/mol. The fraction of sp³-hybridized carbons (Fsp3) is 0.120. The first kappa shape index (κ1) is 25.2. The number of hydrogen-bond acceptors (Lipinski definition) is 6. The van der Waals surface area contributed by atoms with Crippen LogP contribution in [0.2, 0.25) is 5.02 Å². The zero-order valence-corrected chi connectivity index (χ0v) is 21.3. The molecule has 1 heterocycles. The van der Waals surface area contributed by atoms with Crippen LogP contribution in [0.4, 0.5) is 5.69 Å². The molecule has 0 radical (unpaired) electrons. The van der Waals surface area contributed by atoms with Crippen molar-refractivity contribution < 1.29 is 14.3 Å². The quantitative estimate of drug-likeness (QED) is 0.304.